The van der Waals surface area contributed by atoms with Crippen molar-refractivity contribution in [1.82, 2.24) is 5.43 Å². The highest BCUT2D eigenvalue weighted by molar-refractivity contribution is 6.42. The monoisotopic (exact) mass is 447 g/mol. The van der Waals surface area contributed by atoms with Gasteiger partial charge in [-0.05, 0) is 57.2 Å². The normalized spacial score (nSPS) is 15.0. The summed E-state index contributed by atoms with van der Waals surface area (Å²) in [6, 6.07) is 10.4. The SMILES string of the molecule is CCOc1cc(N(CC)CC)ccc1/C=C1/C(=O)NN(c2ccc(Cl)c(Cl)c2)C1=O. The maximum absolute atomic E-state index is 12.9. The molecule has 3 rings (SSSR count). The number of amides is 2. The molecule has 0 spiro atoms. The second-order valence-corrected chi connectivity index (χ2v) is 7.38. The van der Waals surface area contributed by atoms with Gasteiger partial charge in [0.05, 0.1) is 22.3 Å². The number of hydrogen-bond donors (Lipinski definition) is 1. The van der Waals surface area contributed by atoms with Crippen molar-refractivity contribution in [2.75, 3.05) is 29.6 Å². The molecule has 0 unspecified atom stereocenters. The molecular formula is C22H23Cl2N3O3. The molecule has 1 heterocycles. The summed E-state index contributed by atoms with van der Waals surface area (Å²) in [5.41, 5.74) is 4.67. The van der Waals surface area contributed by atoms with Crippen LogP contribution in [0.1, 0.15) is 26.3 Å². The first-order chi connectivity index (χ1) is 14.4. The molecular weight excluding hydrogens is 425 g/mol. The van der Waals surface area contributed by atoms with E-state index in [4.69, 9.17) is 27.9 Å². The molecule has 2 aromatic carbocycles. The van der Waals surface area contributed by atoms with Crippen molar-refractivity contribution in [1.29, 1.82) is 0 Å². The van der Waals surface area contributed by atoms with Crippen LogP contribution in [0, 0.1) is 0 Å². The summed E-state index contributed by atoms with van der Waals surface area (Å²) in [4.78, 5) is 27.6. The van der Waals surface area contributed by atoms with Crippen LogP contribution in [0.15, 0.2) is 42.0 Å². The van der Waals surface area contributed by atoms with Gasteiger partial charge in [0.1, 0.15) is 11.3 Å². The minimum Gasteiger partial charge on any atom is -0.493 e. The molecule has 2 aromatic rings. The number of anilines is 2. The van der Waals surface area contributed by atoms with Gasteiger partial charge >= 0.3 is 0 Å². The molecule has 30 heavy (non-hydrogen) atoms. The zero-order valence-electron chi connectivity index (χ0n) is 17.0. The van der Waals surface area contributed by atoms with Gasteiger partial charge in [-0.25, -0.2) is 5.01 Å². The maximum Gasteiger partial charge on any atom is 0.282 e. The molecule has 8 heteroatoms. The summed E-state index contributed by atoms with van der Waals surface area (Å²) in [6.45, 7) is 8.25. The maximum atomic E-state index is 12.9. The van der Waals surface area contributed by atoms with Crippen molar-refractivity contribution in [2.24, 2.45) is 0 Å². The quantitative estimate of drug-likeness (QED) is 0.493. The third-order valence-corrected chi connectivity index (χ3v) is 5.52. The fourth-order valence-corrected chi connectivity index (χ4v) is 3.52. The molecule has 6 nitrogen and oxygen atoms in total. The predicted octanol–water partition coefficient (Wildman–Crippen LogP) is 4.70. The van der Waals surface area contributed by atoms with Crippen LogP contribution >= 0.6 is 23.2 Å². The van der Waals surface area contributed by atoms with Crippen LogP contribution in [0.25, 0.3) is 6.08 Å². The van der Waals surface area contributed by atoms with E-state index >= 15 is 0 Å². The third kappa shape index (κ3) is 4.40. The Bertz CT molecular complexity index is 1000. The molecule has 1 aliphatic rings. The van der Waals surface area contributed by atoms with Crippen LogP contribution < -0.4 is 20.1 Å². The van der Waals surface area contributed by atoms with Crippen LogP contribution in [-0.4, -0.2) is 31.5 Å². The second kappa shape index (κ2) is 9.41. The lowest BCUT2D eigenvalue weighted by molar-refractivity contribution is -0.117. The zero-order chi connectivity index (χ0) is 21.8. The van der Waals surface area contributed by atoms with Gasteiger partial charge in [-0.3, -0.25) is 15.0 Å². The number of halogens is 2. The van der Waals surface area contributed by atoms with Gasteiger partial charge < -0.3 is 9.64 Å². The van der Waals surface area contributed by atoms with Crippen molar-refractivity contribution < 1.29 is 14.3 Å². The van der Waals surface area contributed by atoms with Crippen LogP contribution in [0.2, 0.25) is 10.0 Å². The largest absolute Gasteiger partial charge is 0.493 e. The van der Waals surface area contributed by atoms with Gasteiger partial charge in [0.25, 0.3) is 11.8 Å². The molecule has 0 bridgehead atoms. The van der Waals surface area contributed by atoms with Crippen LogP contribution in [0.4, 0.5) is 11.4 Å². The van der Waals surface area contributed by atoms with Crippen molar-refractivity contribution in [2.45, 2.75) is 20.8 Å². The van der Waals surface area contributed by atoms with Crippen molar-refractivity contribution in [3.8, 4) is 5.75 Å². The summed E-state index contributed by atoms with van der Waals surface area (Å²) in [5, 5.41) is 1.81. The molecule has 1 aliphatic heterocycles. The Hall–Kier alpha value is -2.70. The first-order valence-electron chi connectivity index (χ1n) is 9.73. The van der Waals surface area contributed by atoms with E-state index in [1.54, 1.807) is 18.2 Å². The minimum atomic E-state index is -0.499. The van der Waals surface area contributed by atoms with Gasteiger partial charge in [0, 0.05) is 30.4 Å². The Balaban J connectivity index is 1.96. The molecule has 0 aliphatic carbocycles. The Morgan fingerprint density at radius 3 is 2.40 bits per heavy atom. The number of rotatable bonds is 7. The molecule has 1 fully saturated rings. The summed E-state index contributed by atoms with van der Waals surface area (Å²) in [5.74, 6) is -0.363. The minimum absolute atomic E-state index is 0.0117. The number of ether oxygens (including phenoxy) is 1. The average molecular weight is 448 g/mol. The second-order valence-electron chi connectivity index (χ2n) is 6.57. The molecule has 0 saturated carbocycles. The van der Waals surface area contributed by atoms with Crippen LogP contribution in [-0.2, 0) is 9.59 Å². The summed E-state index contributed by atoms with van der Waals surface area (Å²) in [7, 11) is 0. The number of carbonyl (C=O) groups excluding carboxylic acids is 2. The smallest absolute Gasteiger partial charge is 0.282 e. The number of nitrogens with one attached hydrogen (secondary N) is 1. The zero-order valence-corrected chi connectivity index (χ0v) is 18.5. The Morgan fingerprint density at radius 2 is 1.77 bits per heavy atom. The highest BCUT2D eigenvalue weighted by Crippen LogP contribution is 2.31. The summed E-state index contributed by atoms with van der Waals surface area (Å²) in [6.07, 6.45) is 1.55. The van der Waals surface area contributed by atoms with Crippen molar-refractivity contribution in [3.05, 3.63) is 57.6 Å². The van der Waals surface area contributed by atoms with E-state index in [-0.39, 0.29) is 5.57 Å². The summed E-state index contributed by atoms with van der Waals surface area (Å²) < 4.78 is 5.78. The predicted molar refractivity (Wildman–Crippen MR) is 121 cm³/mol. The lowest BCUT2D eigenvalue weighted by Crippen LogP contribution is -2.35. The first-order valence-corrected chi connectivity index (χ1v) is 10.5. The van der Waals surface area contributed by atoms with E-state index in [0.29, 0.717) is 33.7 Å². The number of hydrazine groups is 1. The van der Waals surface area contributed by atoms with Gasteiger partial charge in [-0.2, -0.15) is 0 Å². The standard InChI is InChI=1S/C22H23Cl2N3O3/c1-4-26(5-2)15-8-7-14(20(13-15)30-6-3)11-17-21(28)25-27(22(17)29)16-9-10-18(23)19(24)12-16/h7-13H,4-6H2,1-3H3,(H,25,28)/b17-11-. The lowest BCUT2D eigenvalue weighted by atomic mass is 10.1. The Kier molecular flexibility index (Phi) is 6.90. The number of benzene rings is 2. The van der Waals surface area contributed by atoms with E-state index in [1.165, 1.54) is 6.07 Å². The van der Waals surface area contributed by atoms with Gasteiger partial charge in [-0.1, -0.05) is 23.2 Å². The molecule has 0 atom stereocenters. The average Bonchev–Trinajstić information content (AvgIpc) is 3.01. The molecule has 158 valence electrons. The molecule has 1 saturated heterocycles. The highest BCUT2D eigenvalue weighted by atomic mass is 35.5. The van der Waals surface area contributed by atoms with Crippen LogP contribution in [0.3, 0.4) is 0 Å². The van der Waals surface area contributed by atoms with Crippen LogP contribution in [0.5, 0.6) is 5.75 Å². The van der Waals surface area contributed by atoms with E-state index in [0.717, 1.165) is 23.8 Å². The van der Waals surface area contributed by atoms with E-state index in [2.05, 4.69) is 24.2 Å². The van der Waals surface area contributed by atoms with Gasteiger partial charge in [-0.15, -0.1) is 0 Å². The molecule has 0 aromatic heterocycles. The fourth-order valence-electron chi connectivity index (χ4n) is 3.23. The van der Waals surface area contributed by atoms with Gasteiger partial charge in [0.15, 0.2) is 0 Å². The van der Waals surface area contributed by atoms with E-state index in [1.807, 2.05) is 25.1 Å². The number of carbonyl (C=O) groups is 2. The number of hydrogen-bond acceptors (Lipinski definition) is 4. The van der Waals surface area contributed by atoms with Crippen molar-refractivity contribution >= 4 is 52.5 Å². The first kappa shape index (κ1) is 22.0. The molecule has 1 N–H and O–H groups in total. The molecule has 0 radical (unpaired) electrons. The fraction of sp³-hybridized carbons (Fsp3) is 0.273. The third-order valence-electron chi connectivity index (χ3n) is 4.78. The lowest BCUT2D eigenvalue weighted by Gasteiger charge is -2.22. The Morgan fingerprint density at radius 1 is 1.03 bits per heavy atom. The van der Waals surface area contributed by atoms with E-state index < -0.39 is 11.8 Å². The topological polar surface area (TPSA) is 61.9 Å². The van der Waals surface area contributed by atoms with Gasteiger partial charge in [0.2, 0.25) is 0 Å². The van der Waals surface area contributed by atoms with Crippen molar-refractivity contribution in [3.63, 3.8) is 0 Å². The Labute approximate surface area is 186 Å². The summed E-state index contributed by atoms with van der Waals surface area (Å²) >= 11 is 12.0. The number of nitrogens with zero attached hydrogens (tertiary/aromatic N) is 2. The molecule has 2 amide bonds. The van der Waals surface area contributed by atoms with E-state index in [9.17, 15) is 9.59 Å². The highest BCUT2D eigenvalue weighted by Gasteiger charge is 2.35.